The van der Waals surface area contributed by atoms with Gasteiger partial charge in [0, 0.05) is 23.7 Å². The van der Waals surface area contributed by atoms with Gasteiger partial charge in [-0.1, -0.05) is 6.07 Å². The minimum atomic E-state index is -0.0554. The average Bonchev–Trinajstić information content (AvgIpc) is 3.17. The summed E-state index contributed by atoms with van der Waals surface area (Å²) in [5, 5.41) is 10.4. The maximum absolute atomic E-state index is 12.1. The topological polar surface area (TPSA) is 94.0 Å². The molecule has 1 fully saturated rings. The normalized spacial score (nSPS) is 15.7. The Morgan fingerprint density at radius 1 is 1.52 bits per heavy atom. The number of nitrogens with two attached hydrogens (primary N) is 1. The number of nitrogens with one attached hydrogen (secondary N) is 1. The number of benzene rings is 1. The molecule has 2 aromatic rings. The molecule has 1 atom stereocenters. The molecule has 1 unspecified atom stereocenters. The van der Waals surface area contributed by atoms with Crippen LogP contribution in [0.1, 0.15) is 24.8 Å². The number of hydrogen-bond donors (Lipinski definition) is 2. The Balaban J connectivity index is 1.71. The zero-order chi connectivity index (χ0) is 14.8. The maximum Gasteiger partial charge on any atom is 0.247 e. The molecule has 1 heterocycles. The molecule has 0 spiro atoms. The van der Waals surface area contributed by atoms with E-state index in [1.165, 1.54) is 6.39 Å². The van der Waals surface area contributed by atoms with Gasteiger partial charge in [-0.2, -0.15) is 0 Å². The van der Waals surface area contributed by atoms with Gasteiger partial charge in [0.25, 0.3) is 0 Å². The van der Waals surface area contributed by atoms with E-state index in [4.69, 9.17) is 10.2 Å². The summed E-state index contributed by atoms with van der Waals surface area (Å²) in [6.07, 6.45) is 3.91. The quantitative estimate of drug-likeness (QED) is 0.878. The minimum Gasteiger partial charge on any atom is -0.423 e. The Hall–Kier alpha value is -2.21. The van der Waals surface area contributed by atoms with E-state index in [0.717, 1.165) is 29.7 Å². The Morgan fingerprint density at radius 2 is 2.33 bits per heavy atom. The molecule has 3 N–H and O–H groups in total. The summed E-state index contributed by atoms with van der Waals surface area (Å²) in [6, 6.07) is 5.60. The predicted molar refractivity (Wildman–Crippen MR) is 78.4 cm³/mol. The van der Waals surface area contributed by atoms with Crippen molar-refractivity contribution in [2.75, 3.05) is 5.32 Å². The van der Waals surface area contributed by atoms with Gasteiger partial charge in [0.05, 0.1) is 0 Å². The van der Waals surface area contributed by atoms with Crippen molar-refractivity contribution < 1.29 is 9.21 Å². The van der Waals surface area contributed by atoms with Crippen LogP contribution in [0.2, 0.25) is 0 Å². The molecule has 1 amide bonds. The third-order valence-electron chi connectivity index (χ3n) is 3.77. The fourth-order valence-corrected chi connectivity index (χ4v) is 2.29. The molecule has 1 aliphatic rings. The molecule has 0 bridgehead atoms. The third-order valence-corrected chi connectivity index (χ3v) is 3.77. The highest BCUT2D eigenvalue weighted by molar-refractivity contribution is 5.92. The summed E-state index contributed by atoms with van der Waals surface area (Å²) >= 11 is 0. The first kappa shape index (κ1) is 13.8. The van der Waals surface area contributed by atoms with Crippen LogP contribution in [0.5, 0.6) is 0 Å². The van der Waals surface area contributed by atoms with Crippen LogP contribution < -0.4 is 11.1 Å². The Labute approximate surface area is 122 Å². The summed E-state index contributed by atoms with van der Waals surface area (Å²) < 4.78 is 5.17. The van der Waals surface area contributed by atoms with Gasteiger partial charge in [0.1, 0.15) is 0 Å². The molecular weight excluding hydrogens is 268 g/mol. The fourth-order valence-electron chi connectivity index (χ4n) is 2.29. The van der Waals surface area contributed by atoms with E-state index < -0.39 is 0 Å². The molecule has 6 nitrogen and oxygen atoms in total. The Kier molecular flexibility index (Phi) is 3.70. The van der Waals surface area contributed by atoms with Gasteiger partial charge in [0.2, 0.25) is 18.2 Å². The zero-order valence-electron chi connectivity index (χ0n) is 11.9. The monoisotopic (exact) mass is 286 g/mol. The van der Waals surface area contributed by atoms with Crippen molar-refractivity contribution in [3.63, 3.8) is 0 Å². The number of carbonyl (C=O) groups excluding carboxylic acids is 1. The van der Waals surface area contributed by atoms with E-state index in [1.807, 2.05) is 25.1 Å². The van der Waals surface area contributed by atoms with E-state index in [2.05, 4.69) is 15.5 Å². The van der Waals surface area contributed by atoms with Crippen LogP contribution in [0.4, 0.5) is 5.69 Å². The van der Waals surface area contributed by atoms with Crippen molar-refractivity contribution in [3.05, 3.63) is 30.2 Å². The summed E-state index contributed by atoms with van der Waals surface area (Å²) in [5.41, 5.74) is 8.49. The number of amides is 1. The Bertz CT molecular complexity index is 635. The summed E-state index contributed by atoms with van der Waals surface area (Å²) in [6.45, 7) is 1.94. The molecule has 1 aromatic heterocycles. The van der Waals surface area contributed by atoms with Crippen molar-refractivity contribution in [2.24, 2.45) is 11.7 Å². The van der Waals surface area contributed by atoms with Crippen molar-refractivity contribution >= 4 is 11.6 Å². The van der Waals surface area contributed by atoms with E-state index in [1.54, 1.807) is 0 Å². The van der Waals surface area contributed by atoms with Gasteiger partial charge in [-0.3, -0.25) is 4.79 Å². The van der Waals surface area contributed by atoms with Crippen molar-refractivity contribution in [1.82, 2.24) is 10.2 Å². The molecule has 0 aliphatic heterocycles. The van der Waals surface area contributed by atoms with Crippen LogP contribution >= 0.6 is 0 Å². The lowest BCUT2D eigenvalue weighted by Crippen LogP contribution is -2.29. The summed E-state index contributed by atoms with van der Waals surface area (Å²) in [5.74, 6) is 0.891. The Morgan fingerprint density at radius 3 is 3.00 bits per heavy atom. The third kappa shape index (κ3) is 3.28. The van der Waals surface area contributed by atoms with E-state index >= 15 is 0 Å². The van der Waals surface area contributed by atoms with Gasteiger partial charge >= 0.3 is 0 Å². The minimum absolute atomic E-state index is 0.0376. The molecule has 0 radical (unpaired) electrons. The molecular formula is C15H18N4O2. The molecule has 3 rings (SSSR count). The largest absolute Gasteiger partial charge is 0.423 e. The number of rotatable bonds is 5. The fraction of sp³-hybridized carbons (Fsp3) is 0.400. The first-order valence-electron chi connectivity index (χ1n) is 7.06. The number of aryl methyl sites for hydroxylation is 1. The maximum atomic E-state index is 12.1. The molecule has 1 saturated carbocycles. The van der Waals surface area contributed by atoms with Crippen LogP contribution in [-0.4, -0.2) is 22.1 Å². The highest BCUT2D eigenvalue weighted by atomic mass is 16.4. The molecule has 1 aromatic carbocycles. The molecule has 110 valence electrons. The van der Waals surface area contributed by atoms with Crippen LogP contribution in [0.25, 0.3) is 11.5 Å². The van der Waals surface area contributed by atoms with Gasteiger partial charge in [-0.15, -0.1) is 10.2 Å². The van der Waals surface area contributed by atoms with E-state index in [-0.39, 0.29) is 11.9 Å². The molecule has 0 saturated heterocycles. The first-order valence-corrected chi connectivity index (χ1v) is 7.06. The van der Waals surface area contributed by atoms with E-state index in [0.29, 0.717) is 18.2 Å². The first-order chi connectivity index (χ1) is 10.1. The van der Waals surface area contributed by atoms with Crippen molar-refractivity contribution in [1.29, 1.82) is 0 Å². The zero-order valence-corrected chi connectivity index (χ0v) is 11.9. The van der Waals surface area contributed by atoms with Crippen LogP contribution in [0.3, 0.4) is 0 Å². The average molecular weight is 286 g/mol. The smallest absolute Gasteiger partial charge is 0.247 e. The van der Waals surface area contributed by atoms with Crippen molar-refractivity contribution in [3.8, 4) is 11.5 Å². The number of hydrogen-bond acceptors (Lipinski definition) is 5. The second kappa shape index (κ2) is 5.65. The highest BCUT2D eigenvalue weighted by Crippen LogP contribution is 2.33. The molecule has 21 heavy (non-hydrogen) atoms. The predicted octanol–water partition coefficient (Wildman–Crippen LogP) is 2.11. The van der Waals surface area contributed by atoms with Gasteiger partial charge in [0.15, 0.2) is 0 Å². The number of anilines is 1. The molecule has 1 aliphatic carbocycles. The van der Waals surface area contributed by atoms with Crippen molar-refractivity contribution in [2.45, 2.75) is 32.2 Å². The SMILES string of the molecule is Cc1ccc(-c2nnco2)cc1NC(=O)CC(N)C1CC1. The summed E-state index contributed by atoms with van der Waals surface area (Å²) in [7, 11) is 0. The lowest BCUT2D eigenvalue weighted by molar-refractivity contribution is -0.116. The highest BCUT2D eigenvalue weighted by Gasteiger charge is 2.29. The lowest BCUT2D eigenvalue weighted by Gasteiger charge is -2.12. The standard InChI is InChI=1S/C15H18N4O2/c1-9-2-3-11(15-19-17-8-21-15)6-13(9)18-14(20)7-12(16)10-4-5-10/h2-3,6,8,10,12H,4-5,7,16H2,1H3,(H,18,20). The van der Waals surface area contributed by atoms with Crippen LogP contribution in [-0.2, 0) is 4.79 Å². The van der Waals surface area contributed by atoms with Crippen LogP contribution in [0.15, 0.2) is 29.0 Å². The van der Waals surface area contributed by atoms with Crippen LogP contribution in [0, 0.1) is 12.8 Å². The van der Waals surface area contributed by atoms with Gasteiger partial charge < -0.3 is 15.5 Å². The second-order valence-electron chi connectivity index (χ2n) is 5.53. The number of aromatic nitrogens is 2. The molecule has 6 heteroatoms. The van der Waals surface area contributed by atoms with Gasteiger partial charge in [-0.05, 0) is 43.4 Å². The van der Waals surface area contributed by atoms with Gasteiger partial charge in [-0.25, -0.2) is 0 Å². The summed E-state index contributed by atoms with van der Waals surface area (Å²) in [4.78, 5) is 12.1. The lowest BCUT2D eigenvalue weighted by atomic mass is 10.1. The number of nitrogens with zero attached hydrogens (tertiary/aromatic N) is 2. The number of carbonyl (C=O) groups is 1. The second-order valence-corrected chi connectivity index (χ2v) is 5.53. The van der Waals surface area contributed by atoms with E-state index in [9.17, 15) is 4.79 Å².